The Hall–Kier alpha value is -2.40. The molecule has 0 atom stereocenters. The summed E-state index contributed by atoms with van der Waals surface area (Å²) in [4.78, 5) is 14.2. The first-order chi connectivity index (χ1) is 11.5. The summed E-state index contributed by atoms with van der Waals surface area (Å²) in [5, 5.41) is 3.10. The number of carbonyl (C=O) groups excluding carboxylic acids is 1. The predicted octanol–water partition coefficient (Wildman–Crippen LogP) is 3.87. The molecule has 0 saturated heterocycles. The Morgan fingerprint density at radius 2 is 1.88 bits per heavy atom. The number of nitrogens with one attached hydrogen (secondary N) is 1. The zero-order valence-corrected chi connectivity index (χ0v) is 15.0. The van der Waals surface area contributed by atoms with E-state index in [-0.39, 0.29) is 5.91 Å². The van der Waals surface area contributed by atoms with Gasteiger partial charge in [0.1, 0.15) is 5.75 Å². The number of anilines is 1. The molecule has 2 aromatic rings. The molecule has 0 unspecified atom stereocenters. The summed E-state index contributed by atoms with van der Waals surface area (Å²) in [6, 6.07) is 16.7. The second kappa shape index (κ2) is 8.45. The zero-order chi connectivity index (χ0) is 17.5. The van der Waals surface area contributed by atoms with Gasteiger partial charge < -0.3 is 9.64 Å². The molecule has 0 aliphatic rings. The molecule has 2 aromatic carbocycles. The van der Waals surface area contributed by atoms with Gasteiger partial charge in [0.2, 0.25) is 0 Å². The molecule has 0 aliphatic heterocycles. The van der Waals surface area contributed by atoms with Gasteiger partial charge in [-0.3, -0.25) is 10.1 Å². The van der Waals surface area contributed by atoms with E-state index in [1.54, 1.807) is 23.1 Å². The van der Waals surface area contributed by atoms with E-state index in [2.05, 4.69) is 19.2 Å². The van der Waals surface area contributed by atoms with Crippen LogP contribution in [0.25, 0.3) is 0 Å². The van der Waals surface area contributed by atoms with Gasteiger partial charge in [0.15, 0.2) is 5.11 Å². The maximum Gasteiger partial charge on any atom is 0.257 e. The molecule has 5 heteroatoms. The van der Waals surface area contributed by atoms with Crippen LogP contribution in [0.2, 0.25) is 0 Å². The van der Waals surface area contributed by atoms with Crippen LogP contribution in [0.3, 0.4) is 0 Å². The van der Waals surface area contributed by atoms with Crippen molar-refractivity contribution in [1.29, 1.82) is 0 Å². The number of rotatable bonds is 5. The summed E-state index contributed by atoms with van der Waals surface area (Å²) in [6.07, 6.45) is 0. The van der Waals surface area contributed by atoms with E-state index in [0.717, 1.165) is 5.69 Å². The monoisotopic (exact) mass is 342 g/mol. The highest BCUT2D eigenvalue weighted by atomic mass is 32.1. The van der Waals surface area contributed by atoms with E-state index < -0.39 is 0 Å². The summed E-state index contributed by atoms with van der Waals surface area (Å²) in [6.45, 7) is 4.77. The largest absolute Gasteiger partial charge is 0.493 e. The van der Waals surface area contributed by atoms with E-state index in [1.807, 2.05) is 43.4 Å². The van der Waals surface area contributed by atoms with Gasteiger partial charge in [-0.05, 0) is 48.5 Å². The van der Waals surface area contributed by atoms with E-state index in [0.29, 0.717) is 29.0 Å². The van der Waals surface area contributed by atoms with Gasteiger partial charge in [0.25, 0.3) is 5.91 Å². The summed E-state index contributed by atoms with van der Waals surface area (Å²) >= 11 is 5.32. The van der Waals surface area contributed by atoms with Crippen molar-refractivity contribution < 1.29 is 9.53 Å². The molecule has 0 bridgehead atoms. The molecule has 1 amide bonds. The third-order valence-corrected chi connectivity index (χ3v) is 3.72. The second-order valence-electron chi connectivity index (χ2n) is 5.89. The minimum atomic E-state index is -0.252. The first-order valence-electron chi connectivity index (χ1n) is 7.84. The van der Waals surface area contributed by atoms with Crippen molar-refractivity contribution in [3.8, 4) is 5.75 Å². The Bertz CT molecular complexity index is 702. The highest BCUT2D eigenvalue weighted by molar-refractivity contribution is 7.80. The van der Waals surface area contributed by atoms with Crippen LogP contribution in [-0.4, -0.2) is 24.7 Å². The van der Waals surface area contributed by atoms with Crippen LogP contribution in [0.1, 0.15) is 24.2 Å². The lowest BCUT2D eigenvalue weighted by molar-refractivity contribution is 0.0976. The van der Waals surface area contributed by atoms with Crippen LogP contribution >= 0.6 is 12.2 Å². The maximum atomic E-state index is 12.4. The number of para-hydroxylation sites is 1. The van der Waals surface area contributed by atoms with Crippen LogP contribution in [-0.2, 0) is 0 Å². The molecular weight excluding hydrogens is 320 g/mol. The topological polar surface area (TPSA) is 41.6 Å². The fourth-order valence-corrected chi connectivity index (χ4v) is 2.21. The standard InChI is InChI=1S/C19H22N2O2S/c1-14(2)13-23-17-11-7-8-15(12-17)18(22)20-19(24)21(3)16-9-5-4-6-10-16/h4-12,14H,13H2,1-3H3,(H,20,22,24). The lowest BCUT2D eigenvalue weighted by Crippen LogP contribution is -2.40. The molecule has 126 valence electrons. The van der Waals surface area contributed by atoms with Crippen molar-refractivity contribution in [3.63, 3.8) is 0 Å². The quantitative estimate of drug-likeness (QED) is 0.838. The van der Waals surface area contributed by atoms with Crippen molar-refractivity contribution in [3.05, 3.63) is 60.2 Å². The minimum Gasteiger partial charge on any atom is -0.493 e. The molecule has 0 radical (unpaired) electrons. The molecule has 0 aliphatic carbocycles. The van der Waals surface area contributed by atoms with Gasteiger partial charge in [-0.15, -0.1) is 0 Å². The summed E-state index contributed by atoms with van der Waals surface area (Å²) < 4.78 is 5.66. The van der Waals surface area contributed by atoms with Crippen LogP contribution in [0.5, 0.6) is 5.75 Å². The molecule has 0 fully saturated rings. The number of thiocarbonyl (C=S) groups is 1. The van der Waals surface area contributed by atoms with E-state index in [4.69, 9.17) is 17.0 Å². The van der Waals surface area contributed by atoms with Crippen LogP contribution in [0, 0.1) is 5.92 Å². The average molecular weight is 342 g/mol. The number of nitrogens with zero attached hydrogens (tertiary/aromatic N) is 1. The maximum absolute atomic E-state index is 12.4. The lowest BCUT2D eigenvalue weighted by Gasteiger charge is -2.20. The third-order valence-electron chi connectivity index (χ3n) is 3.35. The van der Waals surface area contributed by atoms with E-state index in [1.165, 1.54) is 0 Å². The Labute approximate surface area is 148 Å². The average Bonchev–Trinajstić information content (AvgIpc) is 2.60. The number of carbonyl (C=O) groups is 1. The molecule has 1 N–H and O–H groups in total. The molecule has 0 heterocycles. The first-order valence-corrected chi connectivity index (χ1v) is 8.25. The Morgan fingerprint density at radius 1 is 1.17 bits per heavy atom. The predicted molar refractivity (Wildman–Crippen MR) is 102 cm³/mol. The van der Waals surface area contributed by atoms with Crippen molar-refractivity contribution in [2.45, 2.75) is 13.8 Å². The van der Waals surface area contributed by atoms with Crippen LogP contribution < -0.4 is 15.0 Å². The summed E-state index contributed by atoms with van der Waals surface area (Å²) in [7, 11) is 1.82. The van der Waals surface area contributed by atoms with Gasteiger partial charge in [-0.1, -0.05) is 38.1 Å². The molecule has 2 rings (SSSR count). The van der Waals surface area contributed by atoms with Crippen molar-refractivity contribution in [2.75, 3.05) is 18.6 Å². The van der Waals surface area contributed by atoms with Crippen molar-refractivity contribution >= 4 is 28.9 Å². The molecule has 0 aromatic heterocycles. The van der Waals surface area contributed by atoms with Gasteiger partial charge >= 0.3 is 0 Å². The van der Waals surface area contributed by atoms with Gasteiger partial charge in [-0.25, -0.2) is 0 Å². The van der Waals surface area contributed by atoms with Crippen LogP contribution in [0.15, 0.2) is 54.6 Å². The fourth-order valence-electron chi connectivity index (χ4n) is 2.01. The number of hydrogen-bond acceptors (Lipinski definition) is 3. The first kappa shape index (κ1) is 17.9. The van der Waals surface area contributed by atoms with Crippen LogP contribution in [0.4, 0.5) is 5.69 Å². The molecule has 4 nitrogen and oxygen atoms in total. The third kappa shape index (κ3) is 5.06. The molecule has 0 saturated carbocycles. The van der Waals surface area contributed by atoms with Gasteiger partial charge in [0.05, 0.1) is 6.61 Å². The smallest absolute Gasteiger partial charge is 0.257 e. The lowest BCUT2D eigenvalue weighted by atomic mass is 10.2. The second-order valence-corrected chi connectivity index (χ2v) is 6.27. The fraction of sp³-hybridized carbons (Fsp3) is 0.263. The number of amides is 1. The number of ether oxygens (including phenoxy) is 1. The minimum absolute atomic E-state index is 0.252. The molecule has 24 heavy (non-hydrogen) atoms. The van der Waals surface area contributed by atoms with Gasteiger partial charge in [0, 0.05) is 18.3 Å². The summed E-state index contributed by atoms with van der Waals surface area (Å²) in [5.74, 6) is 0.853. The number of benzene rings is 2. The van der Waals surface area contributed by atoms with Crippen molar-refractivity contribution in [2.24, 2.45) is 5.92 Å². The van der Waals surface area contributed by atoms with Crippen molar-refractivity contribution in [1.82, 2.24) is 5.32 Å². The molecule has 0 spiro atoms. The Morgan fingerprint density at radius 3 is 2.54 bits per heavy atom. The summed E-state index contributed by atoms with van der Waals surface area (Å²) in [5.41, 5.74) is 1.43. The molecular formula is C19H22N2O2S. The van der Waals surface area contributed by atoms with E-state index >= 15 is 0 Å². The normalized spacial score (nSPS) is 10.3. The van der Waals surface area contributed by atoms with E-state index in [9.17, 15) is 4.79 Å². The SMILES string of the molecule is CC(C)COc1cccc(C(=O)NC(=S)N(C)c2ccccc2)c1. The zero-order valence-electron chi connectivity index (χ0n) is 14.2. The number of hydrogen-bond donors (Lipinski definition) is 1. The Balaban J connectivity index is 2.01. The van der Waals surface area contributed by atoms with Gasteiger partial charge in [-0.2, -0.15) is 0 Å². The highest BCUT2D eigenvalue weighted by Gasteiger charge is 2.13. The highest BCUT2D eigenvalue weighted by Crippen LogP contribution is 2.15. The Kier molecular flexibility index (Phi) is 6.32.